The van der Waals surface area contributed by atoms with Gasteiger partial charge in [-0.1, -0.05) is 12.1 Å². The second-order valence-corrected chi connectivity index (χ2v) is 11.4. The van der Waals surface area contributed by atoms with E-state index < -0.39 is 16.1 Å². The van der Waals surface area contributed by atoms with E-state index in [0.717, 1.165) is 36.8 Å². The van der Waals surface area contributed by atoms with Crippen LogP contribution in [-0.2, 0) is 27.6 Å². The maximum absolute atomic E-state index is 12.9. The van der Waals surface area contributed by atoms with Crippen molar-refractivity contribution in [3.63, 3.8) is 0 Å². The van der Waals surface area contributed by atoms with E-state index in [0.29, 0.717) is 36.4 Å². The number of nitrogens with one attached hydrogen (secondary N) is 3. The molecular formula is C27H35N3O7S. The molecule has 2 aromatic rings. The molecule has 1 aliphatic heterocycles. The van der Waals surface area contributed by atoms with Crippen molar-refractivity contribution < 1.29 is 32.2 Å². The van der Waals surface area contributed by atoms with Crippen LogP contribution >= 0.6 is 0 Å². The van der Waals surface area contributed by atoms with E-state index in [9.17, 15) is 18.0 Å². The first-order chi connectivity index (χ1) is 18.2. The molecule has 0 bridgehead atoms. The molecular weight excluding hydrogens is 510 g/mol. The number of amides is 3. The fourth-order valence-corrected chi connectivity index (χ4v) is 5.79. The Balaban J connectivity index is 1.28. The third kappa shape index (κ3) is 6.76. The number of fused-ring (bicyclic) bond motifs is 1. The zero-order valence-electron chi connectivity index (χ0n) is 21.9. The average molecular weight is 546 g/mol. The molecule has 3 amide bonds. The highest BCUT2D eigenvalue weighted by Gasteiger charge is 2.27. The van der Waals surface area contributed by atoms with E-state index in [1.807, 2.05) is 13.0 Å². The molecule has 2 aliphatic rings. The maximum Gasteiger partial charge on any atom is 0.328 e. The highest BCUT2D eigenvalue weighted by atomic mass is 32.2. The quantitative estimate of drug-likeness (QED) is 0.441. The summed E-state index contributed by atoms with van der Waals surface area (Å²) in [6.07, 6.45) is 4.52. The Morgan fingerprint density at radius 1 is 1.05 bits per heavy atom. The monoisotopic (exact) mass is 545 g/mol. The molecule has 3 N–H and O–H groups in total. The molecule has 206 valence electrons. The average Bonchev–Trinajstić information content (AvgIpc) is 3.28. The van der Waals surface area contributed by atoms with E-state index in [-0.39, 0.29) is 29.1 Å². The molecule has 1 saturated carbocycles. The van der Waals surface area contributed by atoms with Gasteiger partial charge in [-0.15, -0.1) is 0 Å². The molecule has 1 fully saturated rings. The molecule has 0 aromatic heterocycles. The van der Waals surface area contributed by atoms with Gasteiger partial charge in [0.2, 0.25) is 0 Å². The summed E-state index contributed by atoms with van der Waals surface area (Å²) in [5, 5.41) is 5.63. The molecule has 2 aromatic carbocycles. The highest BCUT2D eigenvalue weighted by molar-refractivity contribution is 7.90. The number of methoxy groups -OCH3 is 2. The van der Waals surface area contributed by atoms with Crippen molar-refractivity contribution in [2.75, 3.05) is 20.8 Å². The highest BCUT2D eigenvalue weighted by Crippen LogP contribution is 2.36. The lowest BCUT2D eigenvalue weighted by atomic mass is 9.93. The van der Waals surface area contributed by atoms with E-state index in [4.69, 9.17) is 14.2 Å². The lowest BCUT2D eigenvalue weighted by molar-refractivity contribution is 0.0636. The minimum atomic E-state index is -4.01. The van der Waals surface area contributed by atoms with Crippen molar-refractivity contribution in [1.29, 1.82) is 0 Å². The third-order valence-corrected chi connectivity index (χ3v) is 8.30. The number of hydrogen-bond donors (Lipinski definition) is 3. The summed E-state index contributed by atoms with van der Waals surface area (Å²) in [6.45, 7) is 2.30. The standard InChI is InChI=1S/C27H35N3O7S/c1-17-14-19-15-22(36-3)16-24(25(19)37-17)26(31)28-13-12-18-4-10-23(11-5-18)38(33,34)30-27(32)29-20-6-8-21(35-2)9-7-20/h4-5,10-11,15-17,20-21H,6-9,12-14H2,1-3H3,(H,28,31)(H2,29,30,32). The summed E-state index contributed by atoms with van der Waals surface area (Å²) in [5.41, 5.74) is 2.21. The van der Waals surface area contributed by atoms with Crippen molar-refractivity contribution in [3.05, 3.63) is 53.1 Å². The number of urea groups is 1. The molecule has 4 rings (SSSR count). The van der Waals surface area contributed by atoms with Gasteiger partial charge in [0.25, 0.3) is 15.9 Å². The molecule has 1 unspecified atom stereocenters. The molecule has 1 atom stereocenters. The summed E-state index contributed by atoms with van der Waals surface area (Å²) in [5.74, 6) is 0.924. The first kappa shape index (κ1) is 27.7. The van der Waals surface area contributed by atoms with Gasteiger partial charge in [0.05, 0.1) is 23.7 Å². The summed E-state index contributed by atoms with van der Waals surface area (Å²) in [7, 11) is -0.785. The smallest absolute Gasteiger partial charge is 0.328 e. The van der Waals surface area contributed by atoms with Gasteiger partial charge in [0, 0.05) is 31.7 Å². The Morgan fingerprint density at radius 3 is 2.42 bits per heavy atom. The summed E-state index contributed by atoms with van der Waals surface area (Å²) in [6, 6.07) is 8.96. The van der Waals surface area contributed by atoms with Crippen LogP contribution in [0.25, 0.3) is 0 Å². The van der Waals surface area contributed by atoms with Crippen LogP contribution in [0.5, 0.6) is 11.5 Å². The number of carbonyl (C=O) groups excluding carboxylic acids is 2. The van der Waals surface area contributed by atoms with Gasteiger partial charge in [-0.3, -0.25) is 4.79 Å². The van der Waals surface area contributed by atoms with Gasteiger partial charge in [-0.2, -0.15) is 0 Å². The van der Waals surface area contributed by atoms with Crippen LogP contribution in [-0.4, -0.2) is 59.4 Å². The van der Waals surface area contributed by atoms with Crippen molar-refractivity contribution in [2.24, 2.45) is 0 Å². The van der Waals surface area contributed by atoms with Gasteiger partial charge in [-0.05, 0) is 68.9 Å². The largest absolute Gasteiger partial charge is 0.497 e. The van der Waals surface area contributed by atoms with Crippen LogP contribution in [0.3, 0.4) is 0 Å². The van der Waals surface area contributed by atoms with Crippen LogP contribution in [0.1, 0.15) is 54.1 Å². The summed E-state index contributed by atoms with van der Waals surface area (Å²) in [4.78, 5) is 25.1. The van der Waals surface area contributed by atoms with Crippen LogP contribution in [0.4, 0.5) is 4.79 Å². The van der Waals surface area contributed by atoms with Crippen LogP contribution in [0, 0.1) is 0 Å². The molecule has 10 nitrogen and oxygen atoms in total. The number of rotatable bonds is 9. The van der Waals surface area contributed by atoms with Gasteiger partial charge in [0.1, 0.15) is 17.6 Å². The van der Waals surface area contributed by atoms with E-state index in [1.54, 1.807) is 32.4 Å². The number of sulfonamides is 1. The number of benzene rings is 2. The lowest BCUT2D eigenvalue weighted by Crippen LogP contribution is -2.46. The lowest BCUT2D eigenvalue weighted by Gasteiger charge is -2.28. The first-order valence-electron chi connectivity index (χ1n) is 12.8. The Hall–Kier alpha value is -3.31. The predicted molar refractivity (Wildman–Crippen MR) is 141 cm³/mol. The Morgan fingerprint density at radius 2 is 1.76 bits per heavy atom. The fraction of sp³-hybridized carbons (Fsp3) is 0.481. The molecule has 0 saturated heterocycles. The predicted octanol–water partition coefficient (Wildman–Crippen LogP) is 2.94. The van der Waals surface area contributed by atoms with Crippen LogP contribution in [0.15, 0.2) is 41.3 Å². The molecule has 1 heterocycles. The number of carbonyl (C=O) groups is 2. The summed E-state index contributed by atoms with van der Waals surface area (Å²) >= 11 is 0. The summed E-state index contributed by atoms with van der Waals surface area (Å²) < 4.78 is 43.9. The molecule has 0 spiro atoms. The van der Waals surface area contributed by atoms with Gasteiger partial charge in [0.15, 0.2) is 0 Å². The van der Waals surface area contributed by atoms with Crippen LogP contribution in [0.2, 0.25) is 0 Å². The first-order valence-corrected chi connectivity index (χ1v) is 14.3. The fourth-order valence-electron chi connectivity index (χ4n) is 4.88. The van der Waals surface area contributed by atoms with Gasteiger partial charge >= 0.3 is 6.03 Å². The minimum absolute atomic E-state index is 0.00469. The van der Waals surface area contributed by atoms with Crippen molar-refractivity contribution in [3.8, 4) is 11.5 Å². The number of ether oxygens (including phenoxy) is 3. The molecule has 0 radical (unpaired) electrons. The van der Waals surface area contributed by atoms with Crippen molar-refractivity contribution in [2.45, 2.75) is 68.6 Å². The maximum atomic E-state index is 12.9. The molecule has 11 heteroatoms. The minimum Gasteiger partial charge on any atom is -0.497 e. The van der Waals surface area contributed by atoms with Crippen molar-refractivity contribution in [1.82, 2.24) is 15.4 Å². The third-order valence-electron chi connectivity index (χ3n) is 6.95. The second-order valence-electron chi connectivity index (χ2n) is 9.73. The SMILES string of the molecule is COc1cc2c(c(C(=O)NCCc3ccc(S(=O)(=O)NC(=O)NC4CCC(OC)CC4)cc3)c1)OC(C)C2. The topological polar surface area (TPSA) is 132 Å². The van der Waals surface area contributed by atoms with Gasteiger partial charge in [-0.25, -0.2) is 17.9 Å². The molecule has 1 aliphatic carbocycles. The van der Waals surface area contributed by atoms with E-state index in [2.05, 4.69) is 15.4 Å². The van der Waals surface area contributed by atoms with Crippen LogP contribution < -0.4 is 24.8 Å². The zero-order valence-corrected chi connectivity index (χ0v) is 22.7. The van der Waals surface area contributed by atoms with E-state index >= 15 is 0 Å². The Labute approximate surface area is 223 Å². The van der Waals surface area contributed by atoms with Crippen molar-refractivity contribution >= 4 is 22.0 Å². The Bertz CT molecular complexity index is 1260. The normalized spacial score (nSPS) is 20.7. The zero-order chi connectivity index (χ0) is 27.3. The second kappa shape index (κ2) is 12.0. The Kier molecular flexibility index (Phi) is 8.78. The van der Waals surface area contributed by atoms with Gasteiger partial charge < -0.3 is 24.8 Å². The van der Waals surface area contributed by atoms with E-state index in [1.165, 1.54) is 12.1 Å². The molecule has 38 heavy (non-hydrogen) atoms. The number of hydrogen-bond acceptors (Lipinski definition) is 7.